The van der Waals surface area contributed by atoms with Crippen LogP contribution in [-0.4, -0.2) is 80.6 Å². The molecule has 1 rings (SSSR count). The molecular formula is C12H24N4O3. The summed E-state index contributed by atoms with van der Waals surface area (Å²) < 4.78 is 5.31. The number of rotatable bonds is 7. The average Bonchev–Trinajstić information content (AvgIpc) is 2.45. The van der Waals surface area contributed by atoms with E-state index in [9.17, 15) is 9.59 Å². The summed E-state index contributed by atoms with van der Waals surface area (Å²) in [6, 6.07) is 0. The number of hydrogen-bond donors (Lipinski definition) is 2. The number of carbonyl (C=O) groups is 2. The van der Waals surface area contributed by atoms with Crippen molar-refractivity contribution in [3.05, 3.63) is 0 Å². The SMILES string of the molecule is CCOCCN1CCN(C(=O)CNC(=O)CN)CC1. The Morgan fingerprint density at radius 3 is 2.53 bits per heavy atom. The molecule has 1 saturated heterocycles. The van der Waals surface area contributed by atoms with Crippen molar-refractivity contribution >= 4 is 11.8 Å². The van der Waals surface area contributed by atoms with Gasteiger partial charge in [0.05, 0.1) is 19.7 Å². The molecule has 7 nitrogen and oxygen atoms in total. The lowest BCUT2D eigenvalue weighted by molar-refractivity contribution is -0.134. The summed E-state index contributed by atoms with van der Waals surface area (Å²) >= 11 is 0. The number of nitrogens with two attached hydrogens (primary N) is 1. The fourth-order valence-electron chi connectivity index (χ4n) is 1.92. The fraction of sp³-hybridized carbons (Fsp3) is 0.833. The Kier molecular flexibility index (Phi) is 7.39. The van der Waals surface area contributed by atoms with E-state index < -0.39 is 0 Å². The van der Waals surface area contributed by atoms with Gasteiger partial charge in [0.2, 0.25) is 11.8 Å². The Bertz CT molecular complexity index is 291. The second-order valence-electron chi connectivity index (χ2n) is 4.40. The van der Waals surface area contributed by atoms with Gasteiger partial charge in [-0.2, -0.15) is 0 Å². The number of piperazine rings is 1. The van der Waals surface area contributed by atoms with Crippen LogP contribution < -0.4 is 11.1 Å². The summed E-state index contributed by atoms with van der Waals surface area (Å²) in [7, 11) is 0. The quantitative estimate of drug-likeness (QED) is 0.536. The molecule has 0 saturated carbocycles. The molecule has 110 valence electrons. The molecule has 0 spiro atoms. The van der Waals surface area contributed by atoms with Crippen LogP contribution >= 0.6 is 0 Å². The van der Waals surface area contributed by atoms with Crippen LogP contribution in [0.2, 0.25) is 0 Å². The lowest BCUT2D eigenvalue weighted by Crippen LogP contribution is -2.52. The van der Waals surface area contributed by atoms with Gasteiger partial charge >= 0.3 is 0 Å². The van der Waals surface area contributed by atoms with Crippen LogP contribution in [-0.2, 0) is 14.3 Å². The lowest BCUT2D eigenvalue weighted by Gasteiger charge is -2.34. The molecule has 1 aliphatic heterocycles. The molecule has 0 aromatic rings. The topological polar surface area (TPSA) is 87.9 Å². The highest BCUT2D eigenvalue weighted by atomic mass is 16.5. The first kappa shape index (κ1) is 15.9. The molecule has 0 aromatic carbocycles. The molecule has 1 fully saturated rings. The molecule has 0 atom stereocenters. The number of nitrogens with zero attached hydrogens (tertiary/aromatic N) is 2. The van der Waals surface area contributed by atoms with E-state index in [1.165, 1.54) is 0 Å². The summed E-state index contributed by atoms with van der Waals surface area (Å²) in [4.78, 5) is 26.8. The Hall–Kier alpha value is -1.18. The Balaban J connectivity index is 2.18. The third-order valence-electron chi connectivity index (χ3n) is 3.10. The zero-order valence-electron chi connectivity index (χ0n) is 11.6. The van der Waals surface area contributed by atoms with Crippen molar-refractivity contribution in [2.75, 3.05) is 59.0 Å². The average molecular weight is 272 g/mol. The normalized spacial score (nSPS) is 16.4. The van der Waals surface area contributed by atoms with E-state index in [1.54, 1.807) is 4.90 Å². The highest BCUT2D eigenvalue weighted by Crippen LogP contribution is 2.01. The van der Waals surface area contributed by atoms with Crippen LogP contribution in [0.5, 0.6) is 0 Å². The van der Waals surface area contributed by atoms with Gasteiger partial charge in [-0.1, -0.05) is 0 Å². The van der Waals surface area contributed by atoms with E-state index in [0.29, 0.717) is 13.1 Å². The summed E-state index contributed by atoms with van der Waals surface area (Å²) in [5.74, 6) is -0.352. The monoisotopic (exact) mass is 272 g/mol. The number of carbonyl (C=O) groups excluding carboxylic acids is 2. The summed E-state index contributed by atoms with van der Waals surface area (Å²) in [5.41, 5.74) is 5.16. The van der Waals surface area contributed by atoms with Crippen LogP contribution in [0, 0.1) is 0 Å². The van der Waals surface area contributed by atoms with Crippen molar-refractivity contribution < 1.29 is 14.3 Å². The number of nitrogens with one attached hydrogen (secondary N) is 1. The standard InChI is InChI=1S/C12H24N4O3/c1-2-19-8-7-15-3-5-16(6-4-15)12(18)10-14-11(17)9-13/h2-10,13H2,1H3,(H,14,17). The molecule has 19 heavy (non-hydrogen) atoms. The summed E-state index contributed by atoms with van der Waals surface area (Å²) in [5, 5.41) is 2.49. The van der Waals surface area contributed by atoms with Crippen LogP contribution in [0.4, 0.5) is 0 Å². The highest BCUT2D eigenvalue weighted by Gasteiger charge is 2.20. The van der Waals surface area contributed by atoms with E-state index in [2.05, 4.69) is 10.2 Å². The van der Waals surface area contributed by atoms with Crippen molar-refractivity contribution in [2.45, 2.75) is 6.92 Å². The Morgan fingerprint density at radius 1 is 1.26 bits per heavy atom. The largest absolute Gasteiger partial charge is 0.380 e. The van der Waals surface area contributed by atoms with Gasteiger partial charge in [0, 0.05) is 39.3 Å². The van der Waals surface area contributed by atoms with Gasteiger partial charge in [-0.3, -0.25) is 14.5 Å². The minimum Gasteiger partial charge on any atom is -0.380 e. The number of ether oxygens (including phenoxy) is 1. The smallest absolute Gasteiger partial charge is 0.242 e. The predicted octanol–water partition coefficient (Wildman–Crippen LogP) is -1.76. The number of amides is 2. The van der Waals surface area contributed by atoms with Crippen molar-refractivity contribution in [1.29, 1.82) is 0 Å². The van der Waals surface area contributed by atoms with Crippen molar-refractivity contribution in [3.8, 4) is 0 Å². The molecular weight excluding hydrogens is 248 g/mol. The van der Waals surface area contributed by atoms with Gasteiger partial charge in [0.15, 0.2) is 0 Å². The Labute approximate surface area is 114 Å². The third-order valence-corrected chi connectivity index (χ3v) is 3.10. The Morgan fingerprint density at radius 2 is 1.95 bits per heavy atom. The minimum absolute atomic E-state index is 0.0367. The van der Waals surface area contributed by atoms with Gasteiger partial charge in [0.1, 0.15) is 0 Å². The molecule has 0 unspecified atom stereocenters. The molecule has 0 aliphatic carbocycles. The van der Waals surface area contributed by atoms with Crippen LogP contribution in [0.1, 0.15) is 6.92 Å². The fourth-order valence-corrected chi connectivity index (χ4v) is 1.92. The zero-order chi connectivity index (χ0) is 14.1. The maximum atomic E-state index is 11.8. The molecule has 3 N–H and O–H groups in total. The first-order chi connectivity index (χ1) is 9.17. The third kappa shape index (κ3) is 6.00. The summed E-state index contributed by atoms with van der Waals surface area (Å²) in [6.07, 6.45) is 0. The second-order valence-corrected chi connectivity index (χ2v) is 4.40. The lowest BCUT2D eigenvalue weighted by atomic mass is 10.3. The van der Waals surface area contributed by atoms with E-state index in [1.807, 2.05) is 6.92 Å². The van der Waals surface area contributed by atoms with Crippen LogP contribution in [0.15, 0.2) is 0 Å². The molecule has 0 bridgehead atoms. The predicted molar refractivity (Wildman–Crippen MR) is 71.6 cm³/mol. The minimum atomic E-state index is -0.302. The number of hydrogen-bond acceptors (Lipinski definition) is 5. The van der Waals surface area contributed by atoms with Crippen LogP contribution in [0.25, 0.3) is 0 Å². The van der Waals surface area contributed by atoms with E-state index in [4.69, 9.17) is 10.5 Å². The van der Waals surface area contributed by atoms with Gasteiger partial charge in [-0.15, -0.1) is 0 Å². The van der Waals surface area contributed by atoms with Gasteiger partial charge in [-0.25, -0.2) is 0 Å². The highest BCUT2D eigenvalue weighted by molar-refractivity contribution is 5.85. The van der Waals surface area contributed by atoms with Gasteiger partial charge in [-0.05, 0) is 6.92 Å². The first-order valence-corrected chi connectivity index (χ1v) is 6.72. The summed E-state index contributed by atoms with van der Waals surface area (Å²) in [6.45, 7) is 7.40. The maximum Gasteiger partial charge on any atom is 0.242 e. The molecule has 0 radical (unpaired) electrons. The maximum absolute atomic E-state index is 11.8. The first-order valence-electron chi connectivity index (χ1n) is 6.72. The second kappa shape index (κ2) is 8.84. The van der Waals surface area contributed by atoms with Crippen LogP contribution in [0.3, 0.4) is 0 Å². The van der Waals surface area contributed by atoms with E-state index in [0.717, 1.165) is 32.8 Å². The van der Waals surface area contributed by atoms with Gasteiger partial charge < -0.3 is 20.7 Å². The molecule has 0 aromatic heterocycles. The molecule has 2 amide bonds. The molecule has 7 heteroatoms. The van der Waals surface area contributed by atoms with E-state index in [-0.39, 0.29) is 24.9 Å². The molecule has 1 heterocycles. The van der Waals surface area contributed by atoms with Gasteiger partial charge in [0.25, 0.3) is 0 Å². The zero-order valence-corrected chi connectivity index (χ0v) is 11.6. The van der Waals surface area contributed by atoms with Crippen molar-refractivity contribution in [3.63, 3.8) is 0 Å². The van der Waals surface area contributed by atoms with E-state index >= 15 is 0 Å². The van der Waals surface area contributed by atoms with Crippen molar-refractivity contribution in [2.24, 2.45) is 5.73 Å². The van der Waals surface area contributed by atoms with Crippen molar-refractivity contribution in [1.82, 2.24) is 15.1 Å². The molecule has 1 aliphatic rings.